The molecule has 0 saturated carbocycles. The summed E-state index contributed by atoms with van der Waals surface area (Å²) in [7, 11) is 0. The third-order valence-electron chi connectivity index (χ3n) is 2.65. The summed E-state index contributed by atoms with van der Waals surface area (Å²) in [6, 6.07) is 0. The fourth-order valence-electron chi connectivity index (χ4n) is 2.11. The quantitative estimate of drug-likeness (QED) is 0.280. The van der Waals surface area contributed by atoms with Crippen molar-refractivity contribution in [1.82, 2.24) is 0 Å². The van der Waals surface area contributed by atoms with Crippen LogP contribution < -0.4 is 0 Å². The van der Waals surface area contributed by atoms with E-state index in [4.69, 9.17) is 4.74 Å². The van der Waals surface area contributed by atoms with Gasteiger partial charge in [0.2, 0.25) is 0 Å². The van der Waals surface area contributed by atoms with Crippen LogP contribution in [0.5, 0.6) is 0 Å². The second kappa shape index (κ2) is 1.77. The minimum absolute atomic E-state index is 0.223. The Balaban J connectivity index is 2.08. The number of carbonyl (C=O) groups is 2. The molecule has 4 heteroatoms. The first-order chi connectivity index (χ1) is 5.77. The molecule has 3 rings (SSSR count). The van der Waals surface area contributed by atoms with Gasteiger partial charge in [-0.05, 0) is 0 Å². The van der Waals surface area contributed by atoms with Crippen molar-refractivity contribution in [2.45, 2.75) is 12.2 Å². The Bertz CT molecular complexity index is 278. The van der Waals surface area contributed by atoms with Crippen LogP contribution in [0.1, 0.15) is 0 Å². The SMILES string of the molecule is O=C1OC(=O)C2C1C1C=C[C@@H]2O1. The van der Waals surface area contributed by atoms with Crippen LogP contribution in [0.2, 0.25) is 0 Å². The van der Waals surface area contributed by atoms with E-state index in [-0.39, 0.29) is 24.0 Å². The molecule has 0 aromatic rings. The molecule has 3 unspecified atom stereocenters. The van der Waals surface area contributed by atoms with Gasteiger partial charge < -0.3 is 9.47 Å². The minimum Gasteiger partial charge on any atom is -0.393 e. The molecule has 4 nitrogen and oxygen atoms in total. The number of ether oxygens (including phenoxy) is 2. The Morgan fingerprint density at radius 3 is 2.00 bits per heavy atom. The van der Waals surface area contributed by atoms with E-state index in [9.17, 15) is 9.59 Å². The normalized spacial score (nSPS) is 48.3. The molecule has 0 spiro atoms. The summed E-state index contributed by atoms with van der Waals surface area (Å²) in [5.74, 6) is -1.59. The molecule has 0 N–H and O–H groups in total. The number of cyclic esters (lactones) is 2. The van der Waals surface area contributed by atoms with Crippen molar-refractivity contribution in [3.05, 3.63) is 12.2 Å². The topological polar surface area (TPSA) is 52.6 Å². The van der Waals surface area contributed by atoms with Gasteiger partial charge in [-0.15, -0.1) is 0 Å². The molecular formula is C8H6O4. The highest BCUT2D eigenvalue weighted by molar-refractivity contribution is 5.98. The molecule has 62 valence electrons. The molecule has 2 bridgehead atoms. The molecule has 3 aliphatic heterocycles. The van der Waals surface area contributed by atoms with E-state index in [1.54, 1.807) is 0 Å². The van der Waals surface area contributed by atoms with Gasteiger partial charge in [-0.25, -0.2) is 0 Å². The molecule has 0 radical (unpaired) electrons. The fraction of sp³-hybridized carbons (Fsp3) is 0.500. The predicted molar refractivity (Wildman–Crippen MR) is 35.9 cm³/mol. The van der Waals surface area contributed by atoms with Crippen molar-refractivity contribution in [3.8, 4) is 0 Å². The molecule has 12 heavy (non-hydrogen) atoms. The first-order valence-electron chi connectivity index (χ1n) is 3.87. The molecule has 2 saturated heterocycles. The summed E-state index contributed by atoms with van der Waals surface area (Å²) in [5, 5.41) is 0. The molecule has 0 aromatic heterocycles. The molecule has 3 heterocycles. The van der Waals surface area contributed by atoms with Gasteiger partial charge >= 0.3 is 11.9 Å². The van der Waals surface area contributed by atoms with Gasteiger partial charge in [-0.3, -0.25) is 9.59 Å². The summed E-state index contributed by atoms with van der Waals surface area (Å²) in [4.78, 5) is 22.2. The number of carbonyl (C=O) groups excluding carboxylic acids is 2. The number of fused-ring (bicyclic) bond motifs is 5. The average molecular weight is 166 g/mol. The average Bonchev–Trinajstić information content (AvgIpc) is 2.64. The molecular weight excluding hydrogens is 160 g/mol. The van der Waals surface area contributed by atoms with Gasteiger partial charge in [0, 0.05) is 0 Å². The van der Waals surface area contributed by atoms with Crippen LogP contribution in [0.25, 0.3) is 0 Å². The van der Waals surface area contributed by atoms with Crippen molar-refractivity contribution in [3.63, 3.8) is 0 Å². The van der Waals surface area contributed by atoms with E-state index in [1.807, 2.05) is 12.2 Å². The molecule has 3 aliphatic rings. The number of hydrogen-bond donors (Lipinski definition) is 0. The molecule has 0 aliphatic carbocycles. The van der Waals surface area contributed by atoms with Crippen LogP contribution in [0, 0.1) is 11.8 Å². The van der Waals surface area contributed by atoms with E-state index in [0.717, 1.165) is 0 Å². The highest BCUT2D eigenvalue weighted by Gasteiger charge is 2.59. The third-order valence-corrected chi connectivity index (χ3v) is 2.65. The Morgan fingerprint density at radius 2 is 1.50 bits per heavy atom. The highest BCUT2D eigenvalue weighted by atomic mass is 16.6. The number of esters is 2. The lowest BCUT2D eigenvalue weighted by molar-refractivity contribution is -0.156. The van der Waals surface area contributed by atoms with Gasteiger partial charge in [-0.1, -0.05) is 12.2 Å². The smallest absolute Gasteiger partial charge is 0.320 e. The Kier molecular flexibility index (Phi) is 0.939. The first kappa shape index (κ1) is 6.37. The van der Waals surface area contributed by atoms with Gasteiger partial charge in [0.1, 0.15) is 11.8 Å². The summed E-state index contributed by atoms with van der Waals surface area (Å²) in [6.45, 7) is 0. The lowest BCUT2D eigenvalue weighted by atomic mass is 9.85. The standard InChI is InChI=1S/C8H6O4/c9-7-5-3-1-2-4(11-3)6(5)8(10)12-7/h1-6H/t3-,4?,5?,6?/m0/s1. The van der Waals surface area contributed by atoms with Crippen LogP contribution in [-0.2, 0) is 19.1 Å². The van der Waals surface area contributed by atoms with Crippen molar-refractivity contribution >= 4 is 11.9 Å². The van der Waals surface area contributed by atoms with Crippen LogP contribution in [0.3, 0.4) is 0 Å². The van der Waals surface area contributed by atoms with Crippen LogP contribution in [-0.4, -0.2) is 24.1 Å². The van der Waals surface area contributed by atoms with Crippen molar-refractivity contribution in [2.75, 3.05) is 0 Å². The van der Waals surface area contributed by atoms with E-state index >= 15 is 0 Å². The zero-order valence-electron chi connectivity index (χ0n) is 6.10. The maximum Gasteiger partial charge on any atom is 0.320 e. The summed E-state index contributed by atoms with van der Waals surface area (Å²) in [6.07, 6.45) is 3.20. The largest absolute Gasteiger partial charge is 0.393 e. The Labute approximate surface area is 68.1 Å². The molecule has 0 aromatic carbocycles. The van der Waals surface area contributed by atoms with Gasteiger partial charge in [0.15, 0.2) is 0 Å². The summed E-state index contributed by atoms with van der Waals surface area (Å²) >= 11 is 0. The zero-order chi connectivity index (χ0) is 8.29. The van der Waals surface area contributed by atoms with Crippen LogP contribution in [0.15, 0.2) is 12.2 Å². The maximum atomic E-state index is 11.1. The third kappa shape index (κ3) is 0.536. The summed E-state index contributed by atoms with van der Waals surface area (Å²) in [5.41, 5.74) is 0. The summed E-state index contributed by atoms with van der Waals surface area (Å²) < 4.78 is 9.86. The number of rotatable bonds is 0. The van der Waals surface area contributed by atoms with E-state index < -0.39 is 11.9 Å². The van der Waals surface area contributed by atoms with Crippen molar-refractivity contribution < 1.29 is 19.1 Å². The fourth-order valence-corrected chi connectivity index (χ4v) is 2.11. The lowest BCUT2D eigenvalue weighted by Crippen LogP contribution is -2.26. The Morgan fingerprint density at radius 1 is 1.00 bits per heavy atom. The monoisotopic (exact) mass is 166 g/mol. The Hall–Kier alpha value is -1.16. The van der Waals surface area contributed by atoms with Gasteiger partial charge in [-0.2, -0.15) is 0 Å². The van der Waals surface area contributed by atoms with Crippen molar-refractivity contribution in [1.29, 1.82) is 0 Å². The second-order valence-corrected chi connectivity index (χ2v) is 3.24. The van der Waals surface area contributed by atoms with Gasteiger partial charge in [0.05, 0.1) is 12.2 Å². The van der Waals surface area contributed by atoms with E-state index in [1.165, 1.54) is 0 Å². The van der Waals surface area contributed by atoms with Crippen LogP contribution >= 0.6 is 0 Å². The van der Waals surface area contributed by atoms with E-state index in [2.05, 4.69) is 4.74 Å². The predicted octanol–water partition coefficient (Wildman–Crippen LogP) is -0.361. The van der Waals surface area contributed by atoms with Gasteiger partial charge in [0.25, 0.3) is 0 Å². The highest BCUT2D eigenvalue weighted by Crippen LogP contribution is 2.43. The van der Waals surface area contributed by atoms with E-state index in [0.29, 0.717) is 0 Å². The molecule has 4 atom stereocenters. The minimum atomic E-state index is -0.429. The molecule has 2 fully saturated rings. The van der Waals surface area contributed by atoms with Crippen LogP contribution in [0.4, 0.5) is 0 Å². The maximum absolute atomic E-state index is 11.1. The zero-order valence-corrected chi connectivity index (χ0v) is 6.10. The molecule has 0 amide bonds. The second-order valence-electron chi connectivity index (χ2n) is 3.24. The first-order valence-corrected chi connectivity index (χ1v) is 3.87. The van der Waals surface area contributed by atoms with Crippen molar-refractivity contribution in [2.24, 2.45) is 11.8 Å². The lowest BCUT2D eigenvalue weighted by Gasteiger charge is -2.08. The number of hydrogen-bond acceptors (Lipinski definition) is 4.